The first-order chi connectivity index (χ1) is 7.32. The molecule has 1 amide bonds. The molecule has 0 aromatic heterocycles. The van der Waals surface area contributed by atoms with E-state index < -0.39 is 5.60 Å². The van der Waals surface area contributed by atoms with E-state index in [9.17, 15) is 4.79 Å². The average Bonchev–Trinajstić information content (AvgIpc) is 2.65. The maximum Gasteiger partial charge on any atom is 0.410 e. The van der Waals surface area contributed by atoms with Crippen LogP contribution >= 0.6 is 0 Å². The highest BCUT2D eigenvalue weighted by atomic mass is 16.6. The zero-order chi connectivity index (χ0) is 12.0. The second-order valence-corrected chi connectivity index (χ2v) is 6.23. The van der Waals surface area contributed by atoms with Crippen LogP contribution < -0.4 is 5.32 Å². The van der Waals surface area contributed by atoms with Crippen molar-refractivity contribution in [2.24, 2.45) is 11.3 Å². The van der Waals surface area contributed by atoms with Gasteiger partial charge in [-0.2, -0.15) is 0 Å². The van der Waals surface area contributed by atoms with E-state index in [1.807, 2.05) is 27.8 Å². The summed E-state index contributed by atoms with van der Waals surface area (Å²) in [5, 5.41) is 3.38. The predicted octanol–water partition coefficient (Wildman–Crippen LogP) is 1.46. The van der Waals surface area contributed by atoms with Crippen LogP contribution in [0.1, 0.15) is 27.2 Å². The molecule has 1 aliphatic heterocycles. The normalized spacial score (nSPS) is 32.1. The summed E-state index contributed by atoms with van der Waals surface area (Å²) in [6, 6.07) is 0. The van der Waals surface area contributed by atoms with Crippen molar-refractivity contribution in [3.05, 3.63) is 0 Å². The van der Waals surface area contributed by atoms with Gasteiger partial charge in [-0.05, 0) is 39.7 Å². The third-order valence-electron chi connectivity index (χ3n) is 3.48. The largest absolute Gasteiger partial charge is 0.444 e. The second kappa shape index (κ2) is 3.62. The smallest absolute Gasteiger partial charge is 0.410 e. The molecule has 16 heavy (non-hydrogen) atoms. The molecule has 92 valence electrons. The van der Waals surface area contributed by atoms with Gasteiger partial charge in [-0.1, -0.05) is 0 Å². The van der Waals surface area contributed by atoms with Gasteiger partial charge in [0.05, 0.1) is 0 Å². The van der Waals surface area contributed by atoms with Crippen molar-refractivity contribution in [3.8, 4) is 0 Å². The fourth-order valence-corrected chi connectivity index (χ4v) is 2.56. The van der Waals surface area contributed by atoms with E-state index in [4.69, 9.17) is 4.74 Å². The SMILES string of the molecule is CN(C[C@@]12CNC[C@H]1C2)C(=O)OC(C)(C)C. The van der Waals surface area contributed by atoms with Crippen molar-refractivity contribution >= 4 is 6.09 Å². The molecule has 1 aliphatic carbocycles. The highest BCUT2D eigenvalue weighted by Gasteiger charge is 2.57. The Bertz CT molecular complexity index is 298. The molecule has 0 aromatic rings. The van der Waals surface area contributed by atoms with Gasteiger partial charge in [0.15, 0.2) is 0 Å². The fraction of sp³-hybridized carbons (Fsp3) is 0.917. The molecule has 1 heterocycles. The molecular weight excluding hydrogens is 204 g/mol. The van der Waals surface area contributed by atoms with Crippen LogP contribution in [-0.2, 0) is 4.74 Å². The first kappa shape index (κ1) is 11.7. The van der Waals surface area contributed by atoms with Gasteiger partial charge in [0, 0.05) is 25.6 Å². The lowest BCUT2D eigenvalue weighted by Crippen LogP contribution is -2.38. The third kappa shape index (κ3) is 2.32. The van der Waals surface area contributed by atoms with Crippen molar-refractivity contribution in [1.29, 1.82) is 0 Å². The lowest BCUT2D eigenvalue weighted by atomic mass is 10.1. The number of amides is 1. The molecule has 4 heteroatoms. The van der Waals surface area contributed by atoms with Gasteiger partial charge < -0.3 is 15.0 Å². The summed E-state index contributed by atoms with van der Waals surface area (Å²) in [6.45, 7) is 8.67. The Labute approximate surface area is 97.3 Å². The number of nitrogens with zero attached hydrogens (tertiary/aromatic N) is 1. The van der Waals surface area contributed by atoms with Crippen LogP contribution in [0.15, 0.2) is 0 Å². The van der Waals surface area contributed by atoms with E-state index in [1.165, 1.54) is 6.42 Å². The lowest BCUT2D eigenvalue weighted by Gasteiger charge is -2.27. The summed E-state index contributed by atoms with van der Waals surface area (Å²) in [5.41, 5.74) is -0.0501. The number of ether oxygens (including phenoxy) is 1. The van der Waals surface area contributed by atoms with Crippen molar-refractivity contribution in [2.75, 3.05) is 26.7 Å². The maximum absolute atomic E-state index is 11.8. The molecule has 2 atom stereocenters. The van der Waals surface area contributed by atoms with E-state index in [0.717, 1.165) is 25.6 Å². The molecule has 4 nitrogen and oxygen atoms in total. The van der Waals surface area contributed by atoms with Gasteiger partial charge in [-0.25, -0.2) is 4.79 Å². The van der Waals surface area contributed by atoms with Crippen molar-refractivity contribution < 1.29 is 9.53 Å². The zero-order valence-corrected chi connectivity index (χ0v) is 10.7. The first-order valence-corrected chi connectivity index (χ1v) is 5.97. The summed E-state index contributed by atoms with van der Waals surface area (Å²) < 4.78 is 5.34. The molecule has 0 unspecified atom stereocenters. The Morgan fingerprint density at radius 1 is 1.56 bits per heavy atom. The number of nitrogens with one attached hydrogen (secondary N) is 1. The van der Waals surface area contributed by atoms with E-state index >= 15 is 0 Å². The average molecular weight is 226 g/mol. The second-order valence-electron chi connectivity index (χ2n) is 6.23. The lowest BCUT2D eigenvalue weighted by molar-refractivity contribution is 0.0265. The van der Waals surface area contributed by atoms with Crippen LogP contribution in [0.25, 0.3) is 0 Å². The van der Waals surface area contributed by atoms with Crippen LogP contribution in [-0.4, -0.2) is 43.3 Å². The van der Waals surface area contributed by atoms with E-state index in [-0.39, 0.29) is 6.09 Å². The molecule has 0 aromatic carbocycles. The minimum Gasteiger partial charge on any atom is -0.444 e. The molecule has 1 saturated carbocycles. The summed E-state index contributed by atoms with van der Waals surface area (Å²) in [6.07, 6.45) is 1.05. The predicted molar refractivity (Wildman–Crippen MR) is 62.3 cm³/mol. The van der Waals surface area contributed by atoms with E-state index in [0.29, 0.717) is 5.41 Å². The van der Waals surface area contributed by atoms with Gasteiger partial charge in [0.25, 0.3) is 0 Å². The summed E-state index contributed by atoms with van der Waals surface area (Å²) in [7, 11) is 1.83. The Hall–Kier alpha value is -0.770. The van der Waals surface area contributed by atoms with E-state index in [2.05, 4.69) is 5.32 Å². The molecule has 1 saturated heterocycles. The number of hydrogen-bond acceptors (Lipinski definition) is 3. The van der Waals surface area contributed by atoms with Gasteiger partial charge in [-0.15, -0.1) is 0 Å². The van der Waals surface area contributed by atoms with E-state index in [1.54, 1.807) is 4.90 Å². The van der Waals surface area contributed by atoms with Gasteiger partial charge in [-0.3, -0.25) is 0 Å². The van der Waals surface area contributed by atoms with Crippen molar-refractivity contribution in [1.82, 2.24) is 10.2 Å². The number of hydrogen-bond donors (Lipinski definition) is 1. The molecule has 2 rings (SSSR count). The summed E-state index contributed by atoms with van der Waals surface area (Å²) in [4.78, 5) is 13.5. The molecule has 0 radical (unpaired) electrons. The third-order valence-corrected chi connectivity index (χ3v) is 3.48. The molecule has 2 aliphatic rings. The molecule has 0 bridgehead atoms. The monoisotopic (exact) mass is 226 g/mol. The maximum atomic E-state index is 11.8. The summed E-state index contributed by atoms with van der Waals surface area (Å²) in [5.74, 6) is 0.775. The molecular formula is C12H22N2O2. The molecule has 0 spiro atoms. The Kier molecular flexibility index (Phi) is 2.65. The Balaban J connectivity index is 1.84. The topological polar surface area (TPSA) is 41.6 Å². The Morgan fingerprint density at radius 2 is 2.25 bits per heavy atom. The highest BCUT2D eigenvalue weighted by Crippen LogP contribution is 2.55. The minimum atomic E-state index is -0.403. The fourth-order valence-electron chi connectivity index (χ4n) is 2.56. The molecule has 1 N–H and O–H groups in total. The zero-order valence-electron chi connectivity index (χ0n) is 10.7. The van der Waals surface area contributed by atoms with Crippen LogP contribution in [0, 0.1) is 11.3 Å². The standard InChI is InChI=1S/C12H22N2O2/c1-11(2,3)16-10(15)14(4)8-12-5-9(12)6-13-7-12/h9,13H,5-8H2,1-4H3/t9-,12-/m1/s1. The van der Waals surface area contributed by atoms with Crippen LogP contribution in [0.4, 0.5) is 4.79 Å². The Morgan fingerprint density at radius 3 is 2.69 bits per heavy atom. The number of rotatable bonds is 2. The quantitative estimate of drug-likeness (QED) is 0.775. The highest BCUT2D eigenvalue weighted by molar-refractivity contribution is 5.67. The minimum absolute atomic E-state index is 0.209. The van der Waals surface area contributed by atoms with Gasteiger partial charge in [0.2, 0.25) is 0 Å². The first-order valence-electron chi connectivity index (χ1n) is 5.97. The van der Waals surface area contributed by atoms with Crippen LogP contribution in [0.5, 0.6) is 0 Å². The van der Waals surface area contributed by atoms with Crippen molar-refractivity contribution in [2.45, 2.75) is 32.8 Å². The number of piperidine rings is 1. The number of carbonyl (C=O) groups excluding carboxylic acids is 1. The summed E-state index contributed by atoms with van der Waals surface area (Å²) >= 11 is 0. The number of carbonyl (C=O) groups is 1. The van der Waals surface area contributed by atoms with Crippen LogP contribution in [0.2, 0.25) is 0 Å². The van der Waals surface area contributed by atoms with Crippen LogP contribution in [0.3, 0.4) is 0 Å². The van der Waals surface area contributed by atoms with Gasteiger partial charge in [0.1, 0.15) is 5.60 Å². The van der Waals surface area contributed by atoms with Gasteiger partial charge >= 0.3 is 6.09 Å². The van der Waals surface area contributed by atoms with Crippen molar-refractivity contribution in [3.63, 3.8) is 0 Å². The number of fused-ring (bicyclic) bond motifs is 1. The molecule has 2 fully saturated rings.